The molecule has 0 aliphatic carbocycles. The molecule has 6 nitrogen and oxygen atoms in total. The Morgan fingerprint density at radius 1 is 0.444 bits per heavy atom. The number of rotatable bonds is 3. The number of hydrogen-bond acceptors (Lipinski definition) is 6. The van der Waals surface area contributed by atoms with Gasteiger partial charge in [0, 0.05) is 32.0 Å². The van der Waals surface area contributed by atoms with Crippen molar-refractivity contribution in [1.82, 2.24) is 29.9 Å². The molecule has 9 heteroatoms. The largest absolute Gasteiger partial charge is 0.252 e. The summed E-state index contributed by atoms with van der Waals surface area (Å²) < 4.78 is 2.64. The van der Waals surface area contributed by atoms with E-state index in [0.29, 0.717) is 34.6 Å². The van der Waals surface area contributed by atoms with Gasteiger partial charge in [0.2, 0.25) is 0 Å². The van der Waals surface area contributed by atoms with Crippen molar-refractivity contribution in [3.8, 4) is 34.6 Å². The highest BCUT2D eigenvalue weighted by Crippen LogP contribution is 2.24. The molecule has 0 saturated heterocycles. The Morgan fingerprint density at radius 3 is 0.963 bits per heavy atom. The van der Waals surface area contributed by atoms with Crippen LogP contribution in [-0.4, -0.2) is 29.9 Å². The molecule has 0 saturated carbocycles. The summed E-state index contributed by atoms with van der Waals surface area (Å²) in [6.45, 7) is 0. The zero-order chi connectivity index (χ0) is 18.8. The van der Waals surface area contributed by atoms with E-state index in [4.69, 9.17) is 0 Å². The Kier molecular flexibility index (Phi) is 5.33. The lowest BCUT2D eigenvalue weighted by Crippen LogP contribution is -2.02. The molecule has 0 amide bonds. The maximum absolute atomic E-state index is 4.56. The molecule has 0 aromatic carbocycles. The van der Waals surface area contributed by atoms with Gasteiger partial charge in [0.05, 0.1) is 0 Å². The third-order valence-corrected chi connectivity index (χ3v) is 4.91. The average molecular weight is 549 g/mol. The monoisotopic (exact) mass is 546 g/mol. The Morgan fingerprint density at radius 2 is 0.741 bits per heavy atom. The van der Waals surface area contributed by atoms with Crippen LogP contribution < -0.4 is 0 Å². The summed E-state index contributed by atoms with van der Waals surface area (Å²) in [4.78, 5) is 26.9. The van der Waals surface area contributed by atoms with Gasteiger partial charge in [0.15, 0.2) is 17.5 Å². The number of halogens is 3. The van der Waals surface area contributed by atoms with Gasteiger partial charge < -0.3 is 0 Å². The van der Waals surface area contributed by atoms with Crippen LogP contribution >= 0.6 is 47.8 Å². The summed E-state index contributed by atoms with van der Waals surface area (Å²) in [5.74, 6) is 1.37. The Balaban J connectivity index is 1.89. The Bertz CT molecular complexity index is 930. The van der Waals surface area contributed by atoms with E-state index in [0.717, 1.165) is 13.4 Å². The molecule has 4 heterocycles. The molecule has 4 aromatic heterocycles. The molecule has 0 N–H and O–H groups in total. The fourth-order valence-corrected chi connectivity index (χ4v) is 2.95. The van der Waals surface area contributed by atoms with E-state index in [1.54, 1.807) is 18.6 Å². The average Bonchev–Trinajstić information content (AvgIpc) is 2.69. The second-order valence-corrected chi connectivity index (χ2v) is 8.14. The number of nitrogens with zero attached hydrogens (tertiary/aromatic N) is 6. The predicted octanol–water partition coefficient (Wildman–Crippen LogP) is 5.35. The van der Waals surface area contributed by atoms with Gasteiger partial charge in [-0.2, -0.15) is 0 Å². The van der Waals surface area contributed by atoms with E-state index < -0.39 is 0 Å². The van der Waals surface area contributed by atoms with Crippen molar-refractivity contribution in [3.63, 3.8) is 0 Å². The minimum absolute atomic E-state index is 0.455. The fraction of sp³-hybridized carbons (Fsp3) is 0. The highest BCUT2D eigenvalue weighted by Gasteiger charge is 2.14. The number of pyridine rings is 3. The lowest BCUT2D eigenvalue weighted by molar-refractivity contribution is 1.03. The van der Waals surface area contributed by atoms with Crippen LogP contribution in [0, 0.1) is 0 Å². The van der Waals surface area contributed by atoms with Crippen molar-refractivity contribution in [1.29, 1.82) is 0 Å². The molecule has 0 spiro atoms. The number of aromatic nitrogens is 6. The topological polar surface area (TPSA) is 77.3 Å². The SMILES string of the molecule is Brc1ccc(-c2nc(-c3ccc(Br)cn3)nc(-c3ccc(Br)cn3)n2)nc1. The maximum Gasteiger partial charge on any atom is 0.182 e. The third-order valence-electron chi connectivity index (χ3n) is 3.50. The first kappa shape index (κ1) is 18.3. The minimum atomic E-state index is 0.455. The summed E-state index contributed by atoms with van der Waals surface area (Å²) >= 11 is 10.2. The summed E-state index contributed by atoms with van der Waals surface area (Å²) in [6, 6.07) is 11.2. The summed E-state index contributed by atoms with van der Waals surface area (Å²) in [6.07, 6.45) is 5.11. The highest BCUT2D eigenvalue weighted by atomic mass is 79.9. The summed E-state index contributed by atoms with van der Waals surface area (Å²) in [5, 5.41) is 0. The summed E-state index contributed by atoms with van der Waals surface area (Å²) in [5.41, 5.74) is 1.91. The molecule has 0 aliphatic heterocycles. The Hall–Kier alpha value is -2.10. The van der Waals surface area contributed by atoms with Crippen molar-refractivity contribution >= 4 is 47.8 Å². The lowest BCUT2D eigenvalue weighted by Gasteiger charge is -2.07. The van der Waals surface area contributed by atoms with Crippen LogP contribution in [0.25, 0.3) is 34.6 Å². The Labute approximate surface area is 180 Å². The van der Waals surface area contributed by atoms with E-state index in [1.165, 1.54) is 0 Å². The van der Waals surface area contributed by atoms with Crippen LogP contribution in [0.15, 0.2) is 68.4 Å². The van der Waals surface area contributed by atoms with E-state index >= 15 is 0 Å². The molecule has 4 rings (SSSR count). The fourth-order valence-electron chi connectivity index (χ4n) is 2.24. The predicted molar refractivity (Wildman–Crippen MR) is 113 cm³/mol. The van der Waals surface area contributed by atoms with Gasteiger partial charge in [-0.05, 0) is 84.2 Å². The molecule has 0 aliphatic rings. The van der Waals surface area contributed by atoms with Crippen LogP contribution in [0.5, 0.6) is 0 Å². The molecule has 0 bridgehead atoms. The van der Waals surface area contributed by atoms with Gasteiger partial charge in [-0.3, -0.25) is 15.0 Å². The second kappa shape index (κ2) is 7.87. The van der Waals surface area contributed by atoms with E-state index in [1.807, 2.05) is 36.4 Å². The normalized spacial score (nSPS) is 10.8. The first-order chi connectivity index (χ1) is 13.1. The molecule has 0 fully saturated rings. The zero-order valence-corrected chi connectivity index (χ0v) is 18.3. The van der Waals surface area contributed by atoms with Crippen LogP contribution in [0.3, 0.4) is 0 Å². The van der Waals surface area contributed by atoms with E-state index in [9.17, 15) is 0 Å². The van der Waals surface area contributed by atoms with Gasteiger partial charge in [-0.1, -0.05) is 0 Å². The summed E-state index contributed by atoms with van der Waals surface area (Å²) in [7, 11) is 0. The van der Waals surface area contributed by atoms with E-state index in [-0.39, 0.29) is 0 Å². The standard InChI is InChI=1S/C18H9Br3N6/c19-10-1-4-13(22-7-10)16-25-17(14-5-2-11(20)8-23-14)27-18(26-16)15-6-3-12(21)9-24-15/h1-9H. The molecule has 0 atom stereocenters. The third kappa shape index (κ3) is 4.26. The maximum atomic E-state index is 4.56. The quantitative estimate of drug-likeness (QED) is 0.344. The van der Waals surface area contributed by atoms with E-state index in [2.05, 4.69) is 77.7 Å². The van der Waals surface area contributed by atoms with Crippen molar-refractivity contribution in [2.45, 2.75) is 0 Å². The molecular weight excluding hydrogens is 540 g/mol. The lowest BCUT2D eigenvalue weighted by atomic mass is 10.3. The van der Waals surface area contributed by atoms with Crippen LogP contribution in [0.2, 0.25) is 0 Å². The zero-order valence-electron chi connectivity index (χ0n) is 13.5. The minimum Gasteiger partial charge on any atom is -0.252 e. The van der Waals surface area contributed by atoms with Crippen molar-refractivity contribution < 1.29 is 0 Å². The molecule has 4 aromatic rings. The first-order valence-electron chi connectivity index (χ1n) is 7.70. The van der Waals surface area contributed by atoms with Crippen molar-refractivity contribution in [2.75, 3.05) is 0 Å². The van der Waals surface area contributed by atoms with Crippen LogP contribution in [0.1, 0.15) is 0 Å². The van der Waals surface area contributed by atoms with Crippen LogP contribution in [0.4, 0.5) is 0 Å². The van der Waals surface area contributed by atoms with Gasteiger partial charge >= 0.3 is 0 Å². The van der Waals surface area contributed by atoms with Gasteiger partial charge in [0.1, 0.15) is 17.1 Å². The molecule has 132 valence electrons. The highest BCUT2D eigenvalue weighted by molar-refractivity contribution is 9.11. The smallest absolute Gasteiger partial charge is 0.182 e. The molecule has 27 heavy (non-hydrogen) atoms. The van der Waals surface area contributed by atoms with Gasteiger partial charge in [-0.25, -0.2) is 15.0 Å². The molecule has 0 unspecified atom stereocenters. The first-order valence-corrected chi connectivity index (χ1v) is 10.1. The van der Waals surface area contributed by atoms with Crippen molar-refractivity contribution in [2.24, 2.45) is 0 Å². The molecule has 0 radical (unpaired) electrons. The van der Waals surface area contributed by atoms with Gasteiger partial charge in [-0.15, -0.1) is 0 Å². The van der Waals surface area contributed by atoms with Crippen LogP contribution in [-0.2, 0) is 0 Å². The molecular formula is C18H9Br3N6. The number of hydrogen-bond donors (Lipinski definition) is 0. The van der Waals surface area contributed by atoms with Gasteiger partial charge in [0.25, 0.3) is 0 Å². The van der Waals surface area contributed by atoms with Crippen molar-refractivity contribution in [3.05, 3.63) is 68.4 Å². The second-order valence-electron chi connectivity index (χ2n) is 5.39.